The highest BCUT2D eigenvalue weighted by Gasteiger charge is 2.22. The van der Waals surface area contributed by atoms with E-state index in [0.29, 0.717) is 12.4 Å². The van der Waals surface area contributed by atoms with Crippen molar-refractivity contribution in [3.63, 3.8) is 0 Å². The summed E-state index contributed by atoms with van der Waals surface area (Å²) in [6, 6.07) is 13.0. The molecular weight excluding hydrogens is 374 g/mol. The molecular formula is C24H33N5O. The molecule has 0 bridgehead atoms. The summed E-state index contributed by atoms with van der Waals surface area (Å²) in [4.78, 5) is 11.3. The van der Waals surface area contributed by atoms with Crippen LogP contribution in [0, 0.1) is 5.92 Å². The molecule has 1 aromatic carbocycles. The van der Waals surface area contributed by atoms with Gasteiger partial charge in [-0.05, 0) is 61.8 Å². The van der Waals surface area contributed by atoms with Crippen molar-refractivity contribution in [2.24, 2.45) is 10.9 Å². The number of nitrogens with one attached hydrogen (secondary N) is 2. The van der Waals surface area contributed by atoms with Gasteiger partial charge < -0.3 is 20.3 Å². The Kier molecular flexibility index (Phi) is 6.72. The van der Waals surface area contributed by atoms with E-state index in [4.69, 9.17) is 4.74 Å². The smallest absolute Gasteiger partial charge is 0.213 e. The fraction of sp³-hybridized carbons (Fsp3) is 0.500. The van der Waals surface area contributed by atoms with E-state index in [1.54, 1.807) is 7.05 Å². The van der Waals surface area contributed by atoms with Crippen LogP contribution in [-0.4, -0.2) is 37.7 Å². The number of pyridine rings is 1. The minimum absolute atomic E-state index is 0.162. The number of aliphatic imine (C=N–C) groups is 1. The SMILES string of the molecule is CN=C(NCc1ccc(OCC2CC2)nc1)NC(C)c1cccc(N2CCCC2)c1. The molecule has 1 aromatic heterocycles. The predicted molar refractivity (Wildman–Crippen MR) is 122 cm³/mol. The van der Waals surface area contributed by atoms with Gasteiger partial charge in [0.15, 0.2) is 5.96 Å². The normalized spacial score (nSPS) is 17.7. The highest BCUT2D eigenvalue weighted by Crippen LogP contribution is 2.29. The van der Waals surface area contributed by atoms with E-state index in [-0.39, 0.29) is 6.04 Å². The first-order valence-corrected chi connectivity index (χ1v) is 11.1. The van der Waals surface area contributed by atoms with Crippen LogP contribution in [0.15, 0.2) is 47.6 Å². The van der Waals surface area contributed by atoms with Gasteiger partial charge in [0.05, 0.1) is 12.6 Å². The van der Waals surface area contributed by atoms with Crippen molar-refractivity contribution >= 4 is 11.6 Å². The number of anilines is 1. The quantitative estimate of drug-likeness (QED) is 0.513. The third kappa shape index (κ3) is 5.65. The highest BCUT2D eigenvalue weighted by molar-refractivity contribution is 5.80. The predicted octanol–water partition coefficient (Wildman–Crippen LogP) is 3.90. The Labute approximate surface area is 179 Å². The second-order valence-corrected chi connectivity index (χ2v) is 8.34. The number of benzene rings is 1. The zero-order valence-corrected chi connectivity index (χ0v) is 18.1. The van der Waals surface area contributed by atoms with E-state index in [1.807, 2.05) is 12.3 Å². The molecule has 30 heavy (non-hydrogen) atoms. The van der Waals surface area contributed by atoms with E-state index >= 15 is 0 Å². The lowest BCUT2D eigenvalue weighted by Crippen LogP contribution is -2.38. The molecule has 2 N–H and O–H groups in total. The fourth-order valence-electron chi connectivity index (χ4n) is 3.72. The van der Waals surface area contributed by atoms with E-state index in [0.717, 1.165) is 37.1 Å². The van der Waals surface area contributed by atoms with Crippen LogP contribution in [0.5, 0.6) is 5.88 Å². The molecule has 1 unspecified atom stereocenters. The van der Waals surface area contributed by atoms with E-state index in [1.165, 1.54) is 36.9 Å². The lowest BCUT2D eigenvalue weighted by molar-refractivity contribution is 0.288. The molecule has 4 rings (SSSR count). The van der Waals surface area contributed by atoms with Gasteiger partial charge in [-0.1, -0.05) is 18.2 Å². The van der Waals surface area contributed by atoms with Crippen molar-refractivity contribution in [3.05, 3.63) is 53.7 Å². The van der Waals surface area contributed by atoms with Crippen LogP contribution in [0.2, 0.25) is 0 Å². The summed E-state index contributed by atoms with van der Waals surface area (Å²) in [5, 5.41) is 6.88. The number of ether oxygens (including phenoxy) is 1. The van der Waals surface area contributed by atoms with Crippen LogP contribution < -0.4 is 20.3 Å². The number of rotatable bonds is 8. The number of aromatic nitrogens is 1. The topological polar surface area (TPSA) is 61.8 Å². The van der Waals surface area contributed by atoms with Crippen molar-refractivity contribution < 1.29 is 4.74 Å². The monoisotopic (exact) mass is 407 g/mol. The molecule has 2 fully saturated rings. The molecule has 1 aliphatic carbocycles. The van der Waals surface area contributed by atoms with Crippen molar-refractivity contribution in [2.45, 2.75) is 45.2 Å². The van der Waals surface area contributed by atoms with Crippen LogP contribution in [0.1, 0.15) is 49.8 Å². The average molecular weight is 408 g/mol. The largest absolute Gasteiger partial charge is 0.477 e. The van der Waals surface area contributed by atoms with Crippen LogP contribution in [0.25, 0.3) is 0 Å². The van der Waals surface area contributed by atoms with E-state index in [2.05, 4.69) is 62.8 Å². The second-order valence-electron chi connectivity index (χ2n) is 8.34. The van der Waals surface area contributed by atoms with Gasteiger partial charge >= 0.3 is 0 Å². The highest BCUT2D eigenvalue weighted by atomic mass is 16.5. The molecule has 6 heteroatoms. The van der Waals surface area contributed by atoms with E-state index in [9.17, 15) is 0 Å². The first kappa shape index (κ1) is 20.5. The maximum atomic E-state index is 5.71. The van der Waals surface area contributed by atoms with Crippen molar-refractivity contribution in [1.29, 1.82) is 0 Å². The minimum atomic E-state index is 0.162. The Morgan fingerprint density at radius 2 is 2.07 bits per heavy atom. The number of guanidine groups is 1. The molecule has 6 nitrogen and oxygen atoms in total. The molecule has 0 spiro atoms. The zero-order valence-electron chi connectivity index (χ0n) is 18.1. The number of hydrogen-bond donors (Lipinski definition) is 2. The van der Waals surface area contributed by atoms with Gasteiger partial charge in [0.1, 0.15) is 0 Å². The molecule has 1 atom stereocenters. The van der Waals surface area contributed by atoms with Gasteiger partial charge in [0.2, 0.25) is 5.88 Å². The van der Waals surface area contributed by atoms with Crippen molar-refractivity contribution in [3.8, 4) is 5.88 Å². The molecule has 2 heterocycles. The third-order valence-corrected chi connectivity index (χ3v) is 5.84. The standard InChI is InChI=1S/C24H33N5O/c1-18(21-6-5-7-22(14-21)29-12-3-4-13-29)28-24(25-2)27-16-20-10-11-23(26-15-20)30-17-19-8-9-19/h5-7,10-11,14-15,18-19H,3-4,8-9,12-13,16-17H2,1-2H3,(H2,25,27,28). The Balaban J connectivity index is 1.28. The molecule has 1 aliphatic heterocycles. The lowest BCUT2D eigenvalue weighted by atomic mass is 10.1. The number of hydrogen-bond acceptors (Lipinski definition) is 4. The molecule has 160 valence electrons. The van der Waals surface area contributed by atoms with Gasteiger partial charge in [-0.15, -0.1) is 0 Å². The Morgan fingerprint density at radius 3 is 2.77 bits per heavy atom. The van der Waals surface area contributed by atoms with Crippen LogP contribution >= 0.6 is 0 Å². The summed E-state index contributed by atoms with van der Waals surface area (Å²) in [6.45, 7) is 5.94. The van der Waals surface area contributed by atoms with E-state index < -0.39 is 0 Å². The average Bonchev–Trinajstić information content (AvgIpc) is 3.46. The van der Waals surface area contributed by atoms with Gasteiger partial charge in [-0.3, -0.25) is 4.99 Å². The fourth-order valence-corrected chi connectivity index (χ4v) is 3.72. The molecule has 1 saturated carbocycles. The summed E-state index contributed by atoms with van der Waals surface area (Å²) < 4.78 is 5.71. The first-order valence-electron chi connectivity index (χ1n) is 11.1. The lowest BCUT2D eigenvalue weighted by Gasteiger charge is -2.22. The third-order valence-electron chi connectivity index (χ3n) is 5.84. The molecule has 2 aliphatic rings. The van der Waals surface area contributed by atoms with Crippen LogP contribution in [0.4, 0.5) is 5.69 Å². The van der Waals surface area contributed by atoms with Crippen molar-refractivity contribution in [2.75, 3.05) is 31.6 Å². The van der Waals surface area contributed by atoms with Gasteiger partial charge in [0.25, 0.3) is 0 Å². The Morgan fingerprint density at radius 1 is 1.23 bits per heavy atom. The Bertz CT molecular complexity index is 841. The second kappa shape index (κ2) is 9.83. The maximum Gasteiger partial charge on any atom is 0.213 e. The Hall–Kier alpha value is -2.76. The summed E-state index contributed by atoms with van der Waals surface area (Å²) in [6.07, 6.45) is 7.02. The number of nitrogens with zero attached hydrogens (tertiary/aromatic N) is 3. The summed E-state index contributed by atoms with van der Waals surface area (Å²) in [7, 11) is 1.80. The van der Waals surface area contributed by atoms with Crippen LogP contribution in [0.3, 0.4) is 0 Å². The van der Waals surface area contributed by atoms with Gasteiger partial charge in [0, 0.05) is 44.6 Å². The molecule has 0 radical (unpaired) electrons. The van der Waals surface area contributed by atoms with Crippen molar-refractivity contribution in [1.82, 2.24) is 15.6 Å². The summed E-state index contributed by atoms with van der Waals surface area (Å²) in [5.74, 6) is 2.23. The summed E-state index contributed by atoms with van der Waals surface area (Å²) in [5.41, 5.74) is 3.68. The first-order chi connectivity index (χ1) is 14.7. The van der Waals surface area contributed by atoms with Crippen LogP contribution in [-0.2, 0) is 6.54 Å². The molecule has 2 aromatic rings. The zero-order chi connectivity index (χ0) is 20.8. The molecule has 0 amide bonds. The maximum absolute atomic E-state index is 5.71. The van der Waals surface area contributed by atoms with Gasteiger partial charge in [-0.25, -0.2) is 4.98 Å². The minimum Gasteiger partial charge on any atom is -0.477 e. The van der Waals surface area contributed by atoms with Gasteiger partial charge in [-0.2, -0.15) is 0 Å². The summed E-state index contributed by atoms with van der Waals surface area (Å²) >= 11 is 0. The molecule has 1 saturated heterocycles.